The van der Waals surface area contributed by atoms with Crippen molar-refractivity contribution in [3.63, 3.8) is 0 Å². The van der Waals surface area contributed by atoms with Gasteiger partial charge < -0.3 is 21.9 Å². The van der Waals surface area contributed by atoms with Crippen molar-refractivity contribution in [1.82, 2.24) is 0 Å². The lowest BCUT2D eigenvalue weighted by atomic mass is 10.1. The van der Waals surface area contributed by atoms with Crippen molar-refractivity contribution < 1.29 is 30.8 Å². The molecule has 20 heavy (non-hydrogen) atoms. The summed E-state index contributed by atoms with van der Waals surface area (Å²) >= 11 is 0. The van der Waals surface area contributed by atoms with Gasteiger partial charge in [-0.05, 0) is 24.6 Å². The van der Waals surface area contributed by atoms with Gasteiger partial charge in [0.25, 0.3) is 0 Å². The maximum atomic E-state index is 13.6. The number of halogens is 2. The number of pyridine rings is 1. The number of fused-ring (bicyclic) bond motifs is 1. The SMILES string of the molecule is Cc1cc[n+](Cc2cc(F)cc3c2OCOC3)cc1.[Cl-]. The van der Waals surface area contributed by atoms with Crippen LogP contribution in [0.15, 0.2) is 36.7 Å². The van der Waals surface area contributed by atoms with E-state index in [-0.39, 0.29) is 25.0 Å². The van der Waals surface area contributed by atoms with E-state index < -0.39 is 0 Å². The van der Waals surface area contributed by atoms with Crippen molar-refractivity contribution in [3.8, 4) is 5.75 Å². The third kappa shape index (κ3) is 3.08. The standard InChI is InChI=1S/C15H15FNO2.ClH/c1-11-2-4-17(5-3-11)8-12-6-14(16)7-13-9-18-10-19-15(12)13;/h2-7H,8-10H2,1H3;1H/q+1;/p-1. The van der Waals surface area contributed by atoms with Gasteiger partial charge in [0.05, 0.1) is 12.2 Å². The second-order valence-corrected chi connectivity index (χ2v) is 4.71. The zero-order valence-electron chi connectivity index (χ0n) is 11.1. The average molecular weight is 296 g/mol. The van der Waals surface area contributed by atoms with Gasteiger partial charge in [-0.15, -0.1) is 0 Å². The molecule has 0 N–H and O–H groups in total. The Morgan fingerprint density at radius 3 is 2.75 bits per heavy atom. The lowest BCUT2D eigenvalue weighted by Crippen LogP contribution is -3.00. The van der Waals surface area contributed by atoms with Crippen LogP contribution in [0.25, 0.3) is 0 Å². The number of aromatic nitrogens is 1. The van der Waals surface area contributed by atoms with Crippen molar-refractivity contribution in [1.29, 1.82) is 0 Å². The molecule has 1 aliphatic rings. The zero-order valence-corrected chi connectivity index (χ0v) is 11.9. The summed E-state index contributed by atoms with van der Waals surface area (Å²) in [6.07, 6.45) is 3.96. The highest BCUT2D eigenvalue weighted by atomic mass is 35.5. The first-order valence-electron chi connectivity index (χ1n) is 6.20. The summed E-state index contributed by atoms with van der Waals surface area (Å²) in [6.45, 7) is 3.25. The minimum absolute atomic E-state index is 0. The fraction of sp³-hybridized carbons (Fsp3) is 0.267. The minimum Gasteiger partial charge on any atom is -1.00 e. The van der Waals surface area contributed by atoms with E-state index >= 15 is 0 Å². The fourth-order valence-electron chi connectivity index (χ4n) is 2.21. The Kier molecular flexibility index (Phi) is 4.57. The third-order valence-corrected chi connectivity index (χ3v) is 3.16. The van der Waals surface area contributed by atoms with Crippen LogP contribution in [-0.4, -0.2) is 6.79 Å². The maximum Gasteiger partial charge on any atom is 0.189 e. The quantitative estimate of drug-likeness (QED) is 0.687. The second-order valence-electron chi connectivity index (χ2n) is 4.71. The molecule has 2 heterocycles. The number of benzene rings is 1. The van der Waals surface area contributed by atoms with E-state index in [1.54, 1.807) is 0 Å². The molecule has 3 rings (SSSR count). The van der Waals surface area contributed by atoms with E-state index in [1.807, 2.05) is 36.0 Å². The van der Waals surface area contributed by atoms with Gasteiger partial charge in [0.2, 0.25) is 0 Å². The summed E-state index contributed by atoms with van der Waals surface area (Å²) in [6, 6.07) is 7.04. The molecule has 1 aliphatic heterocycles. The van der Waals surface area contributed by atoms with Crippen LogP contribution in [-0.2, 0) is 17.9 Å². The van der Waals surface area contributed by atoms with Gasteiger partial charge in [-0.1, -0.05) is 0 Å². The Labute approximate surface area is 123 Å². The first-order valence-corrected chi connectivity index (χ1v) is 6.20. The number of aryl methyl sites for hydroxylation is 1. The molecule has 5 heteroatoms. The Hall–Kier alpha value is -1.65. The van der Waals surface area contributed by atoms with Crippen molar-refractivity contribution in [3.05, 3.63) is 59.2 Å². The first kappa shape index (κ1) is 14.8. The number of rotatable bonds is 2. The lowest BCUT2D eigenvalue weighted by molar-refractivity contribution is -0.688. The Morgan fingerprint density at radius 2 is 2.00 bits per heavy atom. The van der Waals surface area contributed by atoms with E-state index in [2.05, 4.69) is 0 Å². The number of hydrogen-bond donors (Lipinski definition) is 0. The molecular weight excluding hydrogens is 281 g/mol. The molecule has 0 unspecified atom stereocenters. The van der Waals surface area contributed by atoms with Crippen LogP contribution >= 0.6 is 0 Å². The molecule has 0 fully saturated rings. The average Bonchev–Trinajstić information content (AvgIpc) is 2.41. The molecule has 2 aromatic rings. The van der Waals surface area contributed by atoms with Gasteiger partial charge in [-0.25, -0.2) is 8.96 Å². The highest BCUT2D eigenvalue weighted by molar-refractivity contribution is 5.42. The van der Waals surface area contributed by atoms with Crippen LogP contribution in [0.3, 0.4) is 0 Å². The maximum absolute atomic E-state index is 13.6. The van der Waals surface area contributed by atoms with Crippen LogP contribution in [0, 0.1) is 12.7 Å². The van der Waals surface area contributed by atoms with Crippen LogP contribution in [0.4, 0.5) is 4.39 Å². The summed E-state index contributed by atoms with van der Waals surface area (Å²) in [5.74, 6) is 0.497. The van der Waals surface area contributed by atoms with Crippen LogP contribution in [0.2, 0.25) is 0 Å². The molecule has 0 saturated carbocycles. The van der Waals surface area contributed by atoms with Gasteiger partial charge >= 0.3 is 0 Å². The topological polar surface area (TPSA) is 22.3 Å². The first-order chi connectivity index (χ1) is 9.22. The minimum atomic E-state index is -0.254. The van der Waals surface area contributed by atoms with E-state index in [0.29, 0.717) is 13.2 Å². The second kappa shape index (κ2) is 6.20. The van der Waals surface area contributed by atoms with Crippen molar-refractivity contribution in [2.75, 3.05) is 6.79 Å². The molecule has 0 amide bonds. The van der Waals surface area contributed by atoms with E-state index in [4.69, 9.17) is 9.47 Å². The monoisotopic (exact) mass is 295 g/mol. The molecule has 0 spiro atoms. The summed E-state index contributed by atoms with van der Waals surface area (Å²) in [4.78, 5) is 0. The van der Waals surface area contributed by atoms with Crippen LogP contribution < -0.4 is 21.7 Å². The number of ether oxygens (including phenoxy) is 2. The molecule has 0 atom stereocenters. The highest BCUT2D eigenvalue weighted by Crippen LogP contribution is 2.29. The molecule has 0 saturated heterocycles. The predicted octanol–water partition coefficient (Wildman–Crippen LogP) is -0.660. The van der Waals surface area contributed by atoms with Gasteiger partial charge in [0, 0.05) is 17.7 Å². The molecule has 0 radical (unpaired) electrons. The van der Waals surface area contributed by atoms with Crippen molar-refractivity contribution >= 4 is 0 Å². The van der Waals surface area contributed by atoms with Crippen molar-refractivity contribution in [2.24, 2.45) is 0 Å². The molecule has 0 bridgehead atoms. The lowest BCUT2D eigenvalue weighted by Gasteiger charge is -2.19. The summed E-state index contributed by atoms with van der Waals surface area (Å²) in [5, 5.41) is 0. The highest BCUT2D eigenvalue weighted by Gasteiger charge is 2.19. The zero-order chi connectivity index (χ0) is 13.2. The molecule has 106 valence electrons. The predicted molar refractivity (Wildman–Crippen MR) is 67.2 cm³/mol. The smallest absolute Gasteiger partial charge is 0.189 e. The summed E-state index contributed by atoms with van der Waals surface area (Å²) in [5.41, 5.74) is 2.81. The van der Waals surface area contributed by atoms with Gasteiger partial charge in [-0.3, -0.25) is 0 Å². The number of hydrogen-bond acceptors (Lipinski definition) is 2. The largest absolute Gasteiger partial charge is 1.00 e. The molecule has 3 nitrogen and oxygen atoms in total. The summed E-state index contributed by atoms with van der Waals surface area (Å²) in [7, 11) is 0. The summed E-state index contributed by atoms with van der Waals surface area (Å²) < 4.78 is 26.3. The normalized spacial score (nSPS) is 13.1. The third-order valence-electron chi connectivity index (χ3n) is 3.16. The van der Waals surface area contributed by atoms with Crippen LogP contribution in [0.5, 0.6) is 5.75 Å². The molecule has 0 aliphatic carbocycles. The Balaban J connectivity index is 0.00000147. The Morgan fingerprint density at radius 1 is 1.25 bits per heavy atom. The van der Waals surface area contributed by atoms with E-state index in [0.717, 1.165) is 16.9 Å². The van der Waals surface area contributed by atoms with Gasteiger partial charge in [0.15, 0.2) is 25.7 Å². The molecule has 1 aromatic heterocycles. The number of nitrogens with zero attached hydrogens (tertiary/aromatic N) is 1. The van der Waals surface area contributed by atoms with Gasteiger partial charge in [-0.2, -0.15) is 0 Å². The fourth-order valence-corrected chi connectivity index (χ4v) is 2.21. The Bertz CT molecular complexity index is 602. The molecule has 1 aromatic carbocycles. The molecular formula is C15H15ClFNO2. The van der Waals surface area contributed by atoms with Crippen molar-refractivity contribution in [2.45, 2.75) is 20.1 Å². The van der Waals surface area contributed by atoms with Gasteiger partial charge in [0.1, 0.15) is 11.6 Å². The van der Waals surface area contributed by atoms with E-state index in [9.17, 15) is 4.39 Å². The van der Waals surface area contributed by atoms with Crippen LogP contribution in [0.1, 0.15) is 16.7 Å². The van der Waals surface area contributed by atoms with E-state index in [1.165, 1.54) is 17.7 Å².